The minimum atomic E-state index is 0.477. The van der Waals surface area contributed by atoms with E-state index in [1.54, 1.807) is 0 Å². The molecule has 0 saturated carbocycles. The van der Waals surface area contributed by atoms with Crippen molar-refractivity contribution in [2.24, 2.45) is 0 Å². The van der Waals surface area contributed by atoms with Crippen LogP contribution in [0.3, 0.4) is 0 Å². The Kier molecular flexibility index (Phi) is 2.01. The fourth-order valence-corrected chi connectivity index (χ4v) is 2.31. The van der Waals surface area contributed by atoms with Gasteiger partial charge >= 0.3 is 0 Å². The van der Waals surface area contributed by atoms with E-state index in [-0.39, 0.29) is 0 Å². The van der Waals surface area contributed by atoms with Gasteiger partial charge in [-0.15, -0.1) is 0 Å². The Morgan fingerprint density at radius 1 is 1.58 bits per heavy atom. The monoisotopic (exact) mass is 176 g/mol. The van der Waals surface area contributed by atoms with E-state index in [0.717, 1.165) is 17.1 Å². The zero-order valence-corrected chi connectivity index (χ0v) is 7.40. The van der Waals surface area contributed by atoms with Gasteiger partial charge in [0.1, 0.15) is 0 Å². The van der Waals surface area contributed by atoms with Crippen molar-refractivity contribution in [3.8, 4) is 6.07 Å². The maximum Gasteiger partial charge on any atom is 0.0670 e. The van der Waals surface area contributed by atoms with Crippen LogP contribution in [0.25, 0.3) is 0 Å². The number of nitriles is 1. The first kappa shape index (κ1) is 7.63. The first-order valence-electron chi connectivity index (χ1n) is 3.81. The zero-order valence-electron chi connectivity index (χ0n) is 6.58. The van der Waals surface area contributed by atoms with E-state index in [4.69, 9.17) is 5.26 Å². The topological polar surface area (TPSA) is 36.7 Å². The molecule has 60 valence electrons. The van der Waals surface area contributed by atoms with Crippen molar-refractivity contribution >= 4 is 11.8 Å². The molecular formula is C9H8N2S. The number of rotatable bonds is 1. The first-order chi connectivity index (χ1) is 5.90. The highest BCUT2D eigenvalue weighted by atomic mass is 32.2. The predicted octanol–water partition coefficient (Wildman–Crippen LogP) is 1.89. The van der Waals surface area contributed by atoms with E-state index in [1.807, 2.05) is 18.0 Å². The van der Waals surface area contributed by atoms with Crippen LogP contribution in [0.4, 0.5) is 0 Å². The molecule has 0 fully saturated rings. The van der Waals surface area contributed by atoms with Crippen LogP contribution in [-0.2, 0) is 17.9 Å². The molecule has 0 unspecified atom stereocenters. The summed E-state index contributed by atoms with van der Waals surface area (Å²) in [6.45, 7) is 0. The maximum absolute atomic E-state index is 8.49. The molecule has 0 bridgehead atoms. The Hall–Kier alpha value is -1.01. The fourth-order valence-electron chi connectivity index (χ4n) is 1.29. The molecule has 3 heteroatoms. The van der Waals surface area contributed by atoms with Crippen LogP contribution in [0.1, 0.15) is 16.8 Å². The van der Waals surface area contributed by atoms with Crippen molar-refractivity contribution in [3.63, 3.8) is 0 Å². The molecule has 1 aliphatic rings. The largest absolute Gasteiger partial charge is 0.260 e. The van der Waals surface area contributed by atoms with E-state index in [1.165, 1.54) is 11.3 Å². The molecule has 2 rings (SSSR count). The van der Waals surface area contributed by atoms with Gasteiger partial charge in [0.25, 0.3) is 0 Å². The second-order valence-electron chi connectivity index (χ2n) is 2.78. The highest BCUT2D eigenvalue weighted by Gasteiger charge is 2.12. The Morgan fingerprint density at radius 3 is 3.33 bits per heavy atom. The first-order valence-corrected chi connectivity index (χ1v) is 4.97. The highest BCUT2D eigenvalue weighted by molar-refractivity contribution is 7.98. The lowest BCUT2D eigenvalue weighted by molar-refractivity contribution is 1.10. The summed E-state index contributed by atoms with van der Waals surface area (Å²) in [4.78, 5) is 4.31. The van der Waals surface area contributed by atoms with Gasteiger partial charge < -0.3 is 0 Å². The molecule has 0 amide bonds. The summed E-state index contributed by atoms with van der Waals surface area (Å²) in [7, 11) is 0. The standard InChI is InChI=1S/C9H8N2S/c10-2-1-7-3-8-5-12-6-9(8)11-4-7/h3-4H,1,5-6H2. The number of hydrogen-bond donors (Lipinski definition) is 0. The summed E-state index contributed by atoms with van der Waals surface area (Å²) in [5, 5.41) is 8.49. The van der Waals surface area contributed by atoms with Crippen molar-refractivity contribution in [2.45, 2.75) is 17.9 Å². The molecule has 1 aromatic heterocycles. The van der Waals surface area contributed by atoms with Gasteiger partial charge in [-0.05, 0) is 11.1 Å². The second-order valence-corrected chi connectivity index (χ2v) is 3.76. The van der Waals surface area contributed by atoms with Gasteiger partial charge in [0.15, 0.2) is 0 Å². The highest BCUT2D eigenvalue weighted by Crippen LogP contribution is 2.28. The quantitative estimate of drug-likeness (QED) is 0.655. The van der Waals surface area contributed by atoms with E-state index >= 15 is 0 Å². The lowest BCUT2D eigenvalue weighted by atomic mass is 10.1. The van der Waals surface area contributed by atoms with Crippen LogP contribution < -0.4 is 0 Å². The Labute approximate surface area is 75.6 Å². The lowest BCUT2D eigenvalue weighted by Gasteiger charge is -1.98. The number of fused-ring (bicyclic) bond motifs is 1. The van der Waals surface area contributed by atoms with E-state index in [2.05, 4.69) is 17.1 Å². The number of aromatic nitrogens is 1. The third kappa shape index (κ3) is 1.30. The van der Waals surface area contributed by atoms with Crippen LogP contribution in [0.5, 0.6) is 0 Å². The van der Waals surface area contributed by atoms with Crippen LogP contribution in [0.15, 0.2) is 12.3 Å². The van der Waals surface area contributed by atoms with E-state index < -0.39 is 0 Å². The summed E-state index contributed by atoms with van der Waals surface area (Å²) < 4.78 is 0. The smallest absolute Gasteiger partial charge is 0.0670 e. The molecule has 2 heterocycles. The molecule has 0 aliphatic carbocycles. The zero-order chi connectivity index (χ0) is 8.39. The van der Waals surface area contributed by atoms with Crippen LogP contribution in [0.2, 0.25) is 0 Å². The molecule has 0 atom stereocenters. The molecule has 0 spiro atoms. The molecule has 0 N–H and O–H groups in total. The van der Waals surface area contributed by atoms with Crippen LogP contribution in [-0.4, -0.2) is 4.98 Å². The average Bonchev–Trinajstić information content (AvgIpc) is 2.51. The van der Waals surface area contributed by atoms with Gasteiger partial charge in [0.05, 0.1) is 18.2 Å². The predicted molar refractivity (Wildman–Crippen MR) is 48.6 cm³/mol. The number of hydrogen-bond acceptors (Lipinski definition) is 3. The summed E-state index contributed by atoms with van der Waals surface area (Å²) in [6, 6.07) is 4.23. The SMILES string of the molecule is N#CCc1cnc2c(c1)CSC2. The van der Waals surface area contributed by atoms with Crippen LogP contribution >= 0.6 is 11.8 Å². The third-order valence-electron chi connectivity index (χ3n) is 1.90. The van der Waals surface area contributed by atoms with E-state index in [9.17, 15) is 0 Å². The second kappa shape index (κ2) is 3.16. The fraction of sp³-hybridized carbons (Fsp3) is 0.333. The number of pyridine rings is 1. The lowest BCUT2D eigenvalue weighted by Crippen LogP contribution is -1.91. The van der Waals surface area contributed by atoms with Crippen LogP contribution in [0, 0.1) is 11.3 Å². The minimum Gasteiger partial charge on any atom is -0.260 e. The van der Waals surface area contributed by atoms with Crippen molar-refractivity contribution in [1.29, 1.82) is 5.26 Å². The number of nitrogens with zero attached hydrogens (tertiary/aromatic N) is 2. The van der Waals surface area contributed by atoms with Crippen molar-refractivity contribution in [3.05, 3.63) is 29.1 Å². The van der Waals surface area contributed by atoms with Gasteiger partial charge in [-0.3, -0.25) is 4.98 Å². The molecule has 12 heavy (non-hydrogen) atoms. The molecule has 1 aliphatic heterocycles. The summed E-state index contributed by atoms with van der Waals surface area (Å²) in [5.74, 6) is 2.09. The molecule has 2 nitrogen and oxygen atoms in total. The molecule has 0 radical (unpaired) electrons. The normalized spacial score (nSPS) is 13.9. The number of thioether (sulfide) groups is 1. The van der Waals surface area contributed by atoms with Gasteiger partial charge in [-0.2, -0.15) is 17.0 Å². The maximum atomic E-state index is 8.49. The molecular weight excluding hydrogens is 168 g/mol. The molecule has 0 saturated heterocycles. The average molecular weight is 176 g/mol. The van der Waals surface area contributed by atoms with Gasteiger partial charge in [-0.1, -0.05) is 6.07 Å². The third-order valence-corrected chi connectivity index (χ3v) is 2.89. The molecule has 1 aromatic rings. The van der Waals surface area contributed by atoms with Gasteiger partial charge in [-0.25, -0.2) is 0 Å². The minimum absolute atomic E-state index is 0.477. The summed E-state index contributed by atoms with van der Waals surface area (Å²) >= 11 is 1.88. The van der Waals surface area contributed by atoms with Gasteiger partial charge in [0.2, 0.25) is 0 Å². The van der Waals surface area contributed by atoms with Crippen molar-refractivity contribution in [2.75, 3.05) is 0 Å². The summed E-state index contributed by atoms with van der Waals surface area (Å²) in [5.41, 5.74) is 3.55. The Morgan fingerprint density at radius 2 is 2.50 bits per heavy atom. The molecule has 0 aromatic carbocycles. The van der Waals surface area contributed by atoms with Crippen molar-refractivity contribution in [1.82, 2.24) is 4.98 Å². The Bertz CT molecular complexity index is 341. The van der Waals surface area contributed by atoms with Crippen molar-refractivity contribution < 1.29 is 0 Å². The summed E-state index contributed by atoms with van der Waals surface area (Å²) in [6.07, 6.45) is 2.29. The van der Waals surface area contributed by atoms with E-state index in [0.29, 0.717) is 6.42 Å². The Balaban J connectivity index is 2.34. The van der Waals surface area contributed by atoms with Gasteiger partial charge in [0, 0.05) is 17.7 Å².